The van der Waals surface area contributed by atoms with Gasteiger partial charge in [0.25, 0.3) is 0 Å². The van der Waals surface area contributed by atoms with Crippen LogP contribution >= 0.6 is 0 Å². The van der Waals surface area contributed by atoms with Gasteiger partial charge in [-0.15, -0.1) is 0 Å². The van der Waals surface area contributed by atoms with Crippen molar-refractivity contribution in [3.8, 4) is 0 Å². The van der Waals surface area contributed by atoms with E-state index in [9.17, 15) is 4.79 Å². The van der Waals surface area contributed by atoms with Crippen LogP contribution in [0.3, 0.4) is 0 Å². The topological polar surface area (TPSA) is 58.1 Å². The zero-order chi connectivity index (χ0) is 15.6. The summed E-state index contributed by atoms with van der Waals surface area (Å²) in [6.45, 7) is 2.17. The van der Waals surface area contributed by atoms with E-state index < -0.39 is 0 Å². The Bertz CT molecular complexity index is 559. The van der Waals surface area contributed by atoms with Crippen molar-refractivity contribution < 1.29 is 4.79 Å². The van der Waals surface area contributed by atoms with Crippen LogP contribution in [0.5, 0.6) is 0 Å². The van der Waals surface area contributed by atoms with E-state index in [2.05, 4.69) is 15.3 Å². The summed E-state index contributed by atoms with van der Waals surface area (Å²) < 4.78 is 0. The molecule has 0 aliphatic heterocycles. The van der Waals surface area contributed by atoms with Crippen molar-refractivity contribution in [2.75, 3.05) is 20.1 Å². The van der Waals surface area contributed by atoms with Gasteiger partial charge in [-0.25, -0.2) is 0 Å². The van der Waals surface area contributed by atoms with Gasteiger partial charge in [-0.2, -0.15) is 0 Å². The minimum Gasteiger partial charge on any atom is -0.345 e. The van der Waals surface area contributed by atoms with Gasteiger partial charge in [-0.3, -0.25) is 14.8 Å². The van der Waals surface area contributed by atoms with Crippen molar-refractivity contribution in [2.45, 2.75) is 19.4 Å². The lowest BCUT2D eigenvalue weighted by Crippen LogP contribution is -2.31. The van der Waals surface area contributed by atoms with Crippen molar-refractivity contribution in [1.29, 1.82) is 0 Å². The molecule has 0 aliphatic carbocycles. The molecule has 0 unspecified atom stereocenters. The minimum absolute atomic E-state index is 0.163. The number of nitrogens with zero attached hydrogens (tertiary/aromatic N) is 3. The standard InChI is InChI=1S/C17H22N4O/c1-21(13-7-15-2-8-18-9-3-15)17(22)6-12-20-14-16-4-10-19-11-5-16/h2-5,8-11,20H,6-7,12-14H2,1H3. The first-order chi connectivity index (χ1) is 10.8. The van der Waals surface area contributed by atoms with Crippen LogP contribution in [0.2, 0.25) is 0 Å². The van der Waals surface area contributed by atoms with Crippen LogP contribution in [-0.2, 0) is 17.8 Å². The molecule has 1 amide bonds. The Kier molecular flexibility index (Phi) is 6.51. The van der Waals surface area contributed by atoms with Crippen molar-refractivity contribution in [3.05, 3.63) is 60.2 Å². The second kappa shape index (κ2) is 8.89. The average Bonchev–Trinajstić information content (AvgIpc) is 2.58. The maximum atomic E-state index is 12.0. The number of hydrogen-bond donors (Lipinski definition) is 1. The Balaban J connectivity index is 1.62. The van der Waals surface area contributed by atoms with Gasteiger partial charge in [-0.1, -0.05) is 0 Å². The maximum absolute atomic E-state index is 12.0. The van der Waals surface area contributed by atoms with E-state index in [1.165, 1.54) is 11.1 Å². The largest absolute Gasteiger partial charge is 0.345 e. The van der Waals surface area contributed by atoms with E-state index in [1.807, 2.05) is 31.3 Å². The second-order valence-corrected chi connectivity index (χ2v) is 5.20. The number of carbonyl (C=O) groups excluding carboxylic acids is 1. The van der Waals surface area contributed by atoms with Crippen LogP contribution in [-0.4, -0.2) is 40.9 Å². The van der Waals surface area contributed by atoms with E-state index in [0.717, 1.165) is 19.5 Å². The molecule has 5 heteroatoms. The number of amides is 1. The number of aromatic nitrogens is 2. The number of hydrogen-bond acceptors (Lipinski definition) is 4. The molecule has 2 heterocycles. The monoisotopic (exact) mass is 298 g/mol. The second-order valence-electron chi connectivity index (χ2n) is 5.20. The third-order valence-corrected chi connectivity index (χ3v) is 3.51. The van der Waals surface area contributed by atoms with E-state index >= 15 is 0 Å². The van der Waals surface area contributed by atoms with Crippen LogP contribution < -0.4 is 5.32 Å². The highest BCUT2D eigenvalue weighted by atomic mass is 16.2. The molecule has 0 bridgehead atoms. The van der Waals surface area contributed by atoms with Crippen LogP contribution in [0.25, 0.3) is 0 Å². The molecule has 116 valence electrons. The zero-order valence-corrected chi connectivity index (χ0v) is 12.9. The first-order valence-corrected chi connectivity index (χ1v) is 7.48. The summed E-state index contributed by atoms with van der Waals surface area (Å²) in [4.78, 5) is 21.8. The summed E-state index contributed by atoms with van der Waals surface area (Å²) in [7, 11) is 1.85. The molecule has 5 nitrogen and oxygen atoms in total. The Morgan fingerprint density at radius 1 is 1.05 bits per heavy atom. The summed E-state index contributed by atoms with van der Waals surface area (Å²) in [5, 5.41) is 3.28. The van der Waals surface area contributed by atoms with E-state index in [0.29, 0.717) is 13.0 Å². The Morgan fingerprint density at radius 3 is 2.27 bits per heavy atom. The van der Waals surface area contributed by atoms with E-state index in [-0.39, 0.29) is 5.91 Å². The lowest BCUT2D eigenvalue weighted by atomic mass is 10.2. The normalized spacial score (nSPS) is 10.4. The summed E-state index contributed by atoms with van der Waals surface area (Å²) in [6, 6.07) is 7.90. The smallest absolute Gasteiger partial charge is 0.223 e. The van der Waals surface area contributed by atoms with Crippen LogP contribution in [0.4, 0.5) is 0 Å². The highest BCUT2D eigenvalue weighted by Crippen LogP contribution is 2.00. The SMILES string of the molecule is CN(CCc1ccncc1)C(=O)CCNCc1ccncc1. The third kappa shape index (κ3) is 5.61. The number of likely N-dealkylation sites (N-methyl/N-ethyl adjacent to an activating group) is 1. The summed E-state index contributed by atoms with van der Waals surface area (Å²) >= 11 is 0. The van der Waals surface area contributed by atoms with E-state index in [4.69, 9.17) is 0 Å². The highest BCUT2D eigenvalue weighted by Gasteiger charge is 2.08. The van der Waals surface area contributed by atoms with Crippen molar-refractivity contribution in [2.24, 2.45) is 0 Å². The van der Waals surface area contributed by atoms with Crippen molar-refractivity contribution >= 4 is 5.91 Å². The van der Waals surface area contributed by atoms with Crippen LogP contribution in [0.15, 0.2) is 49.1 Å². The Morgan fingerprint density at radius 2 is 1.64 bits per heavy atom. The fourth-order valence-electron chi connectivity index (χ4n) is 2.09. The molecule has 0 aromatic carbocycles. The number of pyridine rings is 2. The minimum atomic E-state index is 0.163. The van der Waals surface area contributed by atoms with Gasteiger partial charge >= 0.3 is 0 Å². The lowest BCUT2D eigenvalue weighted by molar-refractivity contribution is -0.129. The molecule has 1 N–H and O–H groups in total. The molecule has 2 aromatic rings. The van der Waals surface area contributed by atoms with Gasteiger partial charge in [0, 0.05) is 57.9 Å². The summed E-state index contributed by atoms with van der Waals surface area (Å²) in [5.41, 5.74) is 2.37. The van der Waals surface area contributed by atoms with Crippen molar-refractivity contribution in [3.63, 3.8) is 0 Å². The first-order valence-electron chi connectivity index (χ1n) is 7.48. The Hall–Kier alpha value is -2.27. The highest BCUT2D eigenvalue weighted by molar-refractivity contribution is 5.76. The molecule has 0 saturated heterocycles. The zero-order valence-electron chi connectivity index (χ0n) is 12.9. The molecule has 2 rings (SSSR count). The average molecular weight is 298 g/mol. The molecular weight excluding hydrogens is 276 g/mol. The first kappa shape index (κ1) is 16.1. The fraction of sp³-hybridized carbons (Fsp3) is 0.353. The molecule has 0 aliphatic rings. The lowest BCUT2D eigenvalue weighted by Gasteiger charge is -2.17. The molecule has 0 radical (unpaired) electrons. The van der Waals surface area contributed by atoms with Gasteiger partial charge in [0.2, 0.25) is 5.91 Å². The molecular formula is C17H22N4O. The van der Waals surface area contributed by atoms with Gasteiger partial charge in [0.15, 0.2) is 0 Å². The predicted octanol–water partition coefficient (Wildman–Crippen LogP) is 1.66. The molecule has 2 aromatic heterocycles. The number of nitrogens with one attached hydrogen (secondary N) is 1. The number of rotatable bonds is 8. The maximum Gasteiger partial charge on any atom is 0.223 e. The third-order valence-electron chi connectivity index (χ3n) is 3.51. The Labute approximate surface area is 131 Å². The fourth-order valence-corrected chi connectivity index (χ4v) is 2.09. The van der Waals surface area contributed by atoms with Crippen molar-refractivity contribution in [1.82, 2.24) is 20.2 Å². The van der Waals surface area contributed by atoms with Gasteiger partial charge in [0.05, 0.1) is 0 Å². The van der Waals surface area contributed by atoms with E-state index in [1.54, 1.807) is 29.7 Å². The van der Waals surface area contributed by atoms with Gasteiger partial charge in [0.1, 0.15) is 0 Å². The molecule has 22 heavy (non-hydrogen) atoms. The van der Waals surface area contributed by atoms with Crippen LogP contribution in [0, 0.1) is 0 Å². The predicted molar refractivity (Wildman–Crippen MR) is 86.1 cm³/mol. The van der Waals surface area contributed by atoms with Gasteiger partial charge < -0.3 is 10.2 Å². The molecule has 0 atom stereocenters. The molecule has 0 spiro atoms. The quantitative estimate of drug-likeness (QED) is 0.753. The van der Waals surface area contributed by atoms with Crippen LogP contribution in [0.1, 0.15) is 17.5 Å². The summed E-state index contributed by atoms with van der Waals surface area (Å²) in [5.74, 6) is 0.163. The molecule has 0 saturated carbocycles. The van der Waals surface area contributed by atoms with Gasteiger partial charge in [-0.05, 0) is 41.8 Å². The molecule has 0 fully saturated rings. The summed E-state index contributed by atoms with van der Waals surface area (Å²) in [6.07, 6.45) is 8.47. The number of carbonyl (C=O) groups is 1.